The third kappa shape index (κ3) is 13.8. The number of hydrogen-bond donors (Lipinski definition) is 6. The van der Waals surface area contributed by atoms with Gasteiger partial charge in [-0.3, -0.25) is 28.8 Å². The summed E-state index contributed by atoms with van der Waals surface area (Å²) in [7, 11) is -10.8. The molecule has 424 valence electrons. The molecular weight excluding hydrogens is 1070 g/mol. The molecule has 0 bridgehead atoms. The van der Waals surface area contributed by atoms with Crippen molar-refractivity contribution >= 4 is 61.7 Å². The molecule has 4 aromatic heterocycles. The number of nitrogens with one attached hydrogen (secondary N) is 4. The molecule has 79 heavy (non-hydrogen) atoms. The summed E-state index contributed by atoms with van der Waals surface area (Å²) >= 11 is 0. The Bertz CT molecular complexity index is 2910. The number of phosphoric ester groups is 2. The number of phosphoric acid groups is 2. The van der Waals surface area contributed by atoms with E-state index in [2.05, 4.69) is 65.0 Å². The smallest absolute Gasteiger partial charge is 0.347 e. The summed E-state index contributed by atoms with van der Waals surface area (Å²) in [6, 6.07) is 18.0. The van der Waals surface area contributed by atoms with E-state index in [9.17, 15) is 28.5 Å². The van der Waals surface area contributed by atoms with Crippen LogP contribution in [0.1, 0.15) is 88.8 Å². The molecular formula is C50H64N12O15P2. The molecule has 4 saturated heterocycles. The minimum Gasteiger partial charge on any atom is -0.347 e. The molecule has 4 aliphatic rings. The summed E-state index contributed by atoms with van der Waals surface area (Å²) in [6.07, 6.45) is 4.70. The number of unbranched alkanes of at least 4 members (excludes halogenated alkanes) is 6. The lowest BCUT2D eigenvalue weighted by molar-refractivity contribution is -0.149. The van der Waals surface area contributed by atoms with E-state index < -0.39 is 103 Å². The van der Waals surface area contributed by atoms with E-state index in [4.69, 9.17) is 41.8 Å². The number of nitrogens with zero attached hydrogens (tertiary/aromatic N) is 8. The molecule has 0 spiro atoms. The Morgan fingerprint density at radius 3 is 1.39 bits per heavy atom. The minimum atomic E-state index is -5.42. The number of anilines is 2. The van der Waals surface area contributed by atoms with E-state index in [0.717, 1.165) is 62.5 Å². The summed E-state index contributed by atoms with van der Waals surface area (Å²) in [6.45, 7) is 3.81. The predicted octanol–water partition coefficient (Wildman–Crippen LogP) is 6.82. The van der Waals surface area contributed by atoms with Gasteiger partial charge in [-0.05, 0) is 24.0 Å². The van der Waals surface area contributed by atoms with Crippen LogP contribution in [-0.4, -0.2) is 136 Å². The third-order valence-corrected chi connectivity index (χ3v) is 16.3. The molecule has 6 N–H and O–H groups in total. The molecule has 10 rings (SSSR count). The van der Waals surface area contributed by atoms with Crippen LogP contribution in [0.15, 0.2) is 86.0 Å². The quantitative estimate of drug-likeness (QED) is 0.0240. The number of ether oxygens (including phenoxy) is 6. The predicted molar refractivity (Wildman–Crippen MR) is 281 cm³/mol. The van der Waals surface area contributed by atoms with Crippen molar-refractivity contribution in [2.45, 2.75) is 140 Å². The Morgan fingerprint density at radius 2 is 0.975 bits per heavy atom. The van der Waals surface area contributed by atoms with Crippen molar-refractivity contribution < 1.29 is 70.3 Å². The van der Waals surface area contributed by atoms with Crippen LogP contribution in [-0.2, 0) is 63.8 Å². The topological polar surface area (TPSA) is 327 Å². The zero-order chi connectivity index (χ0) is 54.9. The number of urea groups is 2. The molecule has 4 amide bonds. The fourth-order valence-electron chi connectivity index (χ4n) is 9.90. The van der Waals surface area contributed by atoms with Crippen molar-refractivity contribution in [3.63, 3.8) is 0 Å². The monoisotopic (exact) mass is 1130 g/mol. The molecule has 8 heterocycles. The van der Waals surface area contributed by atoms with Gasteiger partial charge < -0.3 is 48.8 Å². The Morgan fingerprint density at radius 1 is 0.557 bits per heavy atom. The van der Waals surface area contributed by atoms with Crippen LogP contribution in [0.25, 0.3) is 22.3 Å². The fourth-order valence-corrected chi connectivity index (χ4v) is 12.0. The Labute approximate surface area is 454 Å². The Balaban J connectivity index is 0.803. The molecule has 4 unspecified atom stereocenters. The van der Waals surface area contributed by atoms with Crippen molar-refractivity contribution in [2.75, 3.05) is 36.9 Å². The Kier molecular flexibility index (Phi) is 18.3. The standard InChI is InChI=1S/C50H64N12O15P2/c1-3-5-7-15-21-51-49(63)59-43-37-45(55-27-53-43)61(29-57-37)47-41-39(73-35(75-41)23-31-17-11-9-12-18-31)33(71-47)25-69-78(65,66)77-79(67,68)70-26-34-40-42(76-36(74-40)24-32-19-13-10-14-20-32)48(72-34)62-30-58-38-44(54-28-56-46(38)62)60-50(64)52-22-16-8-6-4-2/h9-14,17-20,27-30,33-36,39-42,47-48H,3-8,15-16,21-26H2,1-2H3,(H,65,66)(H,67,68)(H2,51,53,55,59,63)(H2,52,54,56,60,64)/t33-,34-,35?,36?,39-,40-,41-,42-,47-,48-/m1/s1. The highest BCUT2D eigenvalue weighted by molar-refractivity contribution is 7.61. The number of carbonyl (C=O) groups is 2. The number of fused-ring (bicyclic) bond motifs is 4. The fraction of sp³-hybridized carbons (Fsp3) is 0.520. The SMILES string of the molecule is CCCCCCNC(=O)Nc1ncnc2c1ncn2[C@@H]1O[C@H](COP(=O)(O)OP(=O)(O)OC[C@H]2O[C@@H](n3cnc4c(NC(=O)NCCCCCC)ncnc43)[C@@H]3OC(Cc4ccccc4)O[C@@H]32)[C@H]2OC(Cc3ccccc3)O[C@H]21. The van der Waals surface area contributed by atoms with Gasteiger partial charge in [-0.25, -0.2) is 48.6 Å². The molecule has 0 saturated carbocycles. The van der Waals surface area contributed by atoms with E-state index in [1.807, 2.05) is 60.7 Å². The van der Waals surface area contributed by atoms with Crippen LogP contribution in [0.4, 0.5) is 21.2 Å². The van der Waals surface area contributed by atoms with Crippen LogP contribution >= 0.6 is 15.6 Å². The number of aromatic nitrogens is 8. The number of carbonyl (C=O) groups excluding carboxylic acids is 2. The first-order valence-corrected chi connectivity index (χ1v) is 29.5. The first-order chi connectivity index (χ1) is 38.3. The van der Waals surface area contributed by atoms with Gasteiger partial charge in [0, 0.05) is 25.9 Å². The van der Waals surface area contributed by atoms with Crippen LogP contribution < -0.4 is 21.3 Å². The van der Waals surface area contributed by atoms with Gasteiger partial charge in [0.15, 0.2) is 59.0 Å². The molecule has 4 aliphatic heterocycles. The largest absolute Gasteiger partial charge is 0.481 e. The van der Waals surface area contributed by atoms with Crippen LogP contribution in [0, 0.1) is 0 Å². The number of hydrogen-bond acceptors (Lipinski definition) is 19. The van der Waals surface area contributed by atoms with E-state index in [1.165, 1.54) is 25.3 Å². The minimum absolute atomic E-state index is 0.152. The Hall–Kier alpha value is -5.90. The molecule has 0 radical (unpaired) electrons. The lowest BCUT2D eigenvalue weighted by atomic mass is 10.1. The van der Waals surface area contributed by atoms with E-state index >= 15 is 0 Å². The van der Waals surface area contributed by atoms with Gasteiger partial charge in [0.05, 0.1) is 25.9 Å². The third-order valence-electron chi connectivity index (χ3n) is 13.7. The highest BCUT2D eigenvalue weighted by Crippen LogP contribution is 2.61. The average Bonchev–Trinajstić information content (AvgIpc) is 4.50. The normalized spacial score (nSPS) is 25.9. The summed E-state index contributed by atoms with van der Waals surface area (Å²) < 4.78 is 84.2. The van der Waals surface area contributed by atoms with Crippen molar-refractivity contribution in [1.82, 2.24) is 49.7 Å². The molecule has 29 heteroatoms. The van der Waals surface area contributed by atoms with E-state index in [-0.39, 0.29) is 34.0 Å². The molecule has 0 aliphatic carbocycles. The molecule has 12 atom stereocenters. The van der Waals surface area contributed by atoms with Crippen LogP contribution in [0.3, 0.4) is 0 Å². The van der Waals surface area contributed by atoms with Gasteiger partial charge in [0.25, 0.3) is 0 Å². The van der Waals surface area contributed by atoms with Crippen molar-refractivity contribution in [3.05, 3.63) is 97.1 Å². The number of rotatable bonds is 26. The van der Waals surface area contributed by atoms with Gasteiger partial charge in [-0.2, -0.15) is 4.31 Å². The van der Waals surface area contributed by atoms with Crippen molar-refractivity contribution in [3.8, 4) is 0 Å². The van der Waals surface area contributed by atoms with Gasteiger partial charge in [-0.1, -0.05) is 113 Å². The van der Waals surface area contributed by atoms with E-state index in [1.54, 1.807) is 9.13 Å². The number of amides is 4. The average molecular weight is 1140 g/mol. The van der Waals surface area contributed by atoms with Gasteiger partial charge >= 0.3 is 27.7 Å². The summed E-state index contributed by atoms with van der Waals surface area (Å²) in [5.41, 5.74) is 2.89. The zero-order valence-electron chi connectivity index (χ0n) is 43.4. The van der Waals surface area contributed by atoms with Gasteiger partial charge in [-0.15, -0.1) is 0 Å². The summed E-state index contributed by atoms with van der Waals surface area (Å²) in [4.78, 5) is 73.9. The second kappa shape index (κ2) is 25.7. The highest BCUT2D eigenvalue weighted by Gasteiger charge is 2.56. The maximum Gasteiger partial charge on any atom is 0.481 e. The molecule has 2 aromatic carbocycles. The second-order valence-electron chi connectivity index (χ2n) is 19.4. The van der Waals surface area contributed by atoms with Gasteiger partial charge in [0.1, 0.15) is 49.3 Å². The van der Waals surface area contributed by atoms with E-state index in [0.29, 0.717) is 25.9 Å². The zero-order valence-corrected chi connectivity index (χ0v) is 45.2. The molecule has 4 fully saturated rings. The highest BCUT2D eigenvalue weighted by atomic mass is 31.3. The second-order valence-corrected chi connectivity index (χ2v) is 22.4. The number of imidazole rings is 2. The maximum absolute atomic E-state index is 13.6. The van der Waals surface area contributed by atoms with Crippen molar-refractivity contribution in [2.24, 2.45) is 0 Å². The maximum atomic E-state index is 13.6. The van der Waals surface area contributed by atoms with Crippen molar-refractivity contribution in [1.29, 1.82) is 0 Å². The molecule has 27 nitrogen and oxygen atoms in total. The first kappa shape index (κ1) is 56.4. The van der Waals surface area contributed by atoms with Crippen LogP contribution in [0.2, 0.25) is 0 Å². The lowest BCUT2D eigenvalue weighted by Crippen LogP contribution is -2.32. The first-order valence-electron chi connectivity index (χ1n) is 26.5. The number of benzene rings is 2. The molecule has 6 aromatic rings. The lowest BCUT2D eigenvalue weighted by Gasteiger charge is -2.23. The van der Waals surface area contributed by atoms with Crippen LogP contribution in [0.5, 0.6) is 0 Å². The summed E-state index contributed by atoms with van der Waals surface area (Å²) in [5.74, 6) is 0.304. The van der Waals surface area contributed by atoms with Gasteiger partial charge in [0.2, 0.25) is 0 Å². The summed E-state index contributed by atoms with van der Waals surface area (Å²) in [5, 5.41) is 11.1.